The molecule has 0 spiro atoms. The lowest BCUT2D eigenvalue weighted by Gasteiger charge is -2.25. The molecule has 2 rings (SSSR count). The molecule has 0 atom stereocenters. The van der Waals surface area contributed by atoms with Crippen LogP contribution in [-0.4, -0.2) is 17.6 Å². The molecule has 1 aromatic rings. The summed E-state index contributed by atoms with van der Waals surface area (Å²) in [7, 11) is 0. The van der Waals surface area contributed by atoms with Crippen molar-refractivity contribution in [2.75, 3.05) is 11.4 Å². The molecule has 0 heterocycles. The second kappa shape index (κ2) is 5.51. The second-order valence-corrected chi connectivity index (χ2v) is 5.08. The van der Waals surface area contributed by atoms with Crippen molar-refractivity contribution in [3.05, 3.63) is 29.1 Å². The molecule has 0 amide bonds. The van der Waals surface area contributed by atoms with Gasteiger partial charge in [0.15, 0.2) is 23.3 Å². The Morgan fingerprint density at radius 3 is 1.85 bits per heavy atom. The molecular formula is C12H11F5N2S. The van der Waals surface area contributed by atoms with Crippen molar-refractivity contribution >= 4 is 22.9 Å². The van der Waals surface area contributed by atoms with Crippen molar-refractivity contribution in [3.63, 3.8) is 0 Å². The Bertz CT molecular complexity index is 530. The molecule has 0 radical (unpaired) electrons. The molecule has 2 nitrogen and oxygen atoms in total. The summed E-state index contributed by atoms with van der Waals surface area (Å²) in [6.45, 7) is 0.0123. The lowest BCUT2D eigenvalue weighted by molar-refractivity contribution is 0.378. The standard InChI is InChI=1S/C12H11F5N2S/c13-7-8(14)10(16)12(11(17)9(7)15)19(5-1-2-5)4-3-6(18)20/h5H,1-4H2,(H2,18,20). The molecular weight excluding hydrogens is 299 g/mol. The van der Waals surface area contributed by atoms with Gasteiger partial charge in [-0.2, -0.15) is 0 Å². The molecule has 0 bridgehead atoms. The summed E-state index contributed by atoms with van der Waals surface area (Å²) in [5.41, 5.74) is 4.41. The van der Waals surface area contributed by atoms with Gasteiger partial charge >= 0.3 is 0 Å². The molecule has 1 aromatic carbocycles. The summed E-state index contributed by atoms with van der Waals surface area (Å²) in [5, 5.41) is 0. The number of nitrogens with zero attached hydrogens (tertiary/aromatic N) is 1. The summed E-state index contributed by atoms with van der Waals surface area (Å²) in [5.74, 6) is -9.69. The second-order valence-electron chi connectivity index (χ2n) is 4.56. The fourth-order valence-corrected chi connectivity index (χ4v) is 2.03. The number of rotatable bonds is 5. The maximum atomic E-state index is 13.7. The zero-order valence-electron chi connectivity index (χ0n) is 10.2. The van der Waals surface area contributed by atoms with Gasteiger partial charge in [0.05, 0.1) is 4.99 Å². The van der Waals surface area contributed by atoms with Crippen LogP contribution in [-0.2, 0) is 0 Å². The van der Waals surface area contributed by atoms with Crippen LogP contribution in [0, 0.1) is 29.1 Å². The van der Waals surface area contributed by atoms with Crippen LogP contribution in [0.5, 0.6) is 0 Å². The Hall–Kier alpha value is -1.44. The highest BCUT2D eigenvalue weighted by Gasteiger charge is 2.36. The third-order valence-corrected chi connectivity index (χ3v) is 3.26. The molecule has 2 N–H and O–H groups in total. The van der Waals surface area contributed by atoms with E-state index in [-0.39, 0.29) is 24.0 Å². The van der Waals surface area contributed by atoms with Crippen LogP contribution in [0.15, 0.2) is 0 Å². The van der Waals surface area contributed by atoms with Gasteiger partial charge in [0.25, 0.3) is 0 Å². The van der Waals surface area contributed by atoms with E-state index in [1.165, 1.54) is 0 Å². The Morgan fingerprint density at radius 1 is 1.00 bits per heavy atom. The first-order valence-corrected chi connectivity index (χ1v) is 6.31. The van der Waals surface area contributed by atoms with E-state index in [4.69, 9.17) is 5.73 Å². The molecule has 1 aliphatic rings. The van der Waals surface area contributed by atoms with E-state index < -0.39 is 34.8 Å². The Morgan fingerprint density at radius 2 is 1.45 bits per heavy atom. The predicted octanol–water partition coefficient (Wildman–Crippen LogP) is 3.03. The largest absolute Gasteiger partial charge is 0.393 e. The minimum Gasteiger partial charge on any atom is -0.393 e. The Labute approximate surface area is 117 Å². The number of thiocarbonyl (C=S) groups is 1. The topological polar surface area (TPSA) is 29.3 Å². The SMILES string of the molecule is NC(=S)CCN(c1c(F)c(F)c(F)c(F)c1F)C1CC1. The highest BCUT2D eigenvalue weighted by molar-refractivity contribution is 7.80. The highest BCUT2D eigenvalue weighted by atomic mass is 32.1. The van der Waals surface area contributed by atoms with Crippen LogP contribution in [0.25, 0.3) is 0 Å². The smallest absolute Gasteiger partial charge is 0.200 e. The van der Waals surface area contributed by atoms with Crippen LogP contribution < -0.4 is 10.6 Å². The van der Waals surface area contributed by atoms with Crippen molar-refractivity contribution in [1.29, 1.82) is 0 Å². The molecule has 0 aromatic heterocycles. The molecule has 20 heavy (non-hydrogen) atoms. The quantitative estimate of drug-likeness (QED) is 0.392. The summed E-state index contributed by atoms with van der Waals surface area (Å²) >= 11 is 4.66. The first kappa shape index (κ1) is 15.0. The molecule has 1 fully saturated rings. The fourth-order valence-electron chi connectivity index (χ4n) is 1.94. The van der Waals surface area contributed by atoms with E-state index in [1.54, 1.807) is 0 Å². The number of hydrogen-bond donors (Lipinski definition) is 1. The van der Waals surface area contributed by atoms with E-state index in [0.717, 1.165) is 4.90 Å². The number of benzene rings is 1. The number of nitrogens with two attached hydrogens (primary N) is 1. The monoisotopic (exact) mass is 310 g/mol. The number of halogens is 5. The van der Waals surface area contributed by atoms with Gasteiger partial charge in [-0.05, 0) is 12.8 Å². The zero-order chi connectivity index (χ0) is 15.0. The van der Waals surface area contributed by atoms with Gasteiger partial charge in [-0.3, -0.25) is 0 Å². The maximum absolute atomic E-state index is 13.7. The molecule has 110 valence electrons. The summed E-state index contributed by atoms with van der Waals surface area (Å²) < 4.78 is 66.9. The summed E-state index contributed by atoms with van der Waals surface area (Å²) in [6, 6.07) is -0.252. The van der Waals surface area contributed by atoms with E-state index in [1.807, 2.05) is 0 Å². The molecule has 8 heteroatoms. The van der Waals surface area contributed by atoms with Gasteiger partial charge in [-0.15, -0.1) is 0 Å². The van der Waals surface area contributed by atoms with Crippen LogP contribution in [0.1, 0.15) is 19.3 Å². The maximum Gasteiger partial charge on any atom is 0.200 e. The van der Waals surface area contributed by atoms with Gasteiger partial charge in [-0.25, -0.2) is 22.0 Å². The van der Waals surface area contributed by atoms with Gasteiger partial charge in [0.2, 0.25) is 5.82 Å². The average Bonchev–Trinajstić information content (AvgIpc) is 3.22. The van der Waals surface area contributed by atoms with Gasteiger partial charge in [0.1, 0.15) is 5.69 Å². The van der Waals surface area contributed by atoms with Crippen molar-refractivity contribution < 1.29 is 22.0 Å². The van der Waals surface area contributed by atoms with Crippen LogP contribution in [0.2, 0.25) is 0 Å². The first-order valence-electron chi connectivity index (χ1n) is 5.91. The predicted molar refractivity (Wildman–Crippen MR) is 68.0 cm³/mol. The molecule has 1 aliphatic carbocycles. The fraction of sp³-hybridized carbons (Fsp3) is 0.417. The molecule has 0 unspecified atom stereocenters. The lowest BCUT2D eigenvalue weighted by atomic mass is 10.2. The number of anilines is 1. The highest BCUT2D eigenvalue weighted by Crippen LogP contribution is 2.37. The third-order valence-electron chi connectivity index (χ3n) is 3.06. The molecule has 0 aliphatic heterocycles. The van der Waals surface area contributed by atoms with Crippen LogP contribution in [0.3, 0.4) is 0 Å². The van der Waals surface area contributed by atoms with Gasteiger partial charge < -0.3 is 10.6 Å². The van der Waals surface area contributed by atoms with Crippen LogP contribution >= 0.6 is 12.2 Å². The lowest BCUT2D eigenvalue weighted by Crippen LogP contribution is -2.32. The van der Waals surface area contributed by atoms with Gasteiger partial charge in [-0.1, -0.05) is 12.2 Å². The summed E-state index contributed by atoms with van der Waals surface area (Å²) in [6.07, 6.45) is 1.37. The number of hydrogen-bond acceptors (Lipinski definition) is 2. The Balaban J connectivity index is 2.45. The van der Waals surface area contributed by atoms with E-state index in [0.29, 0.717) is 12.8 Å². The minimum absolute atomic E-state index is 0.0123. The van der Waals surface area contributed by atoms with Crippen molar-refractivity contribution in [2.45, 2.75) is 25.3 Å². The summed E-state index contributed by atoms with van der Waals surface area (Å²) in [4.78, 5) is 1.26. The average molecular weight is 310 g/mol. The van der Waals surface area contributed by atoms with E-state index in [2.05, 4.69) is 12.2 Å². The Kier molecular flexibility index (Phi) is 4.12. The first-order chi connectivity index (χ1) is 9.34. The third kappa shape index (κ3) is 2.70. The zero-order valence-corrected chi connectivity index (χ0v) is 11.0. The van der Waals surface area contributed by atoms with Crippen molar-refractivity contribution in [2.24, 2.45) is 5.73 Å². The van der Waals surface area contributed by atoms with Crippen molar-refractivity contribution in [3.8, 4) is 0 Å². The van der Waals surface area contributed by atoms with Crippen molar-refractivity contribution in [1.82, 2.24) is 0 Å². The van der Waals surface area contributed by atoms with E-state index in [9.17, 15) is 22.0 Å². The molecule has 1 saturated carbocycles. The molecule has 0 saturated heterocycles. The van der Waals surface area contributed by atoms with E-state index >= 15 is 0 Å². The normalized spacial score (nSPS) is 14.4. The van der Waals surface area contributed by atoms with Gasteiger partial charge in [0, 0.05) is 19.0 Å². The minimum atomic E-state index is -2.16. The van der Waals surface area contributed by atoms with Crippen LogP contribution in [0.4, 0.5) is 27.6 Å².